The highest BCUT2D eigenvalue weighted by molar-refractivity contribution is 9.11. The molecule has 0 aliphatic carbocycles. The van der Waals surface area contributed by atoms with Gasteiger partial charge in [0.2, 0.25) is 0 Å². The molecule has 3 heteroatoms. The Hall–Kier alpha value is -0.280. The molecule has 0 fully saturated rings. The summed E-state index contributed by atoms with van der Waals surface area (Å²) < 4.78 is 6.85. The normalized spacial score (nSPS) is 10.7. The minimum atomic E-state index is 0.778. The van der Waals surface area contributed by atoms with Crippen molar-refractivity contribution in [3.63, 3.8) is 0 Å². The zero-order valence-electron chi connectivity index (χ0n) is 5.47. The molecule has 0 aliphatic rings. The van der Waals surface area contributed by atoms with E-state index in [9.17, 15) is 0 Å². The quantitative estimate of drug-likeness (QED) is 0.709. The van der Waals surface area contributed by atoms with Crippen molar-refractivity contribution in [2.24, 2.45) is 0 Å². The van der Waals surface area contributed by atoms with Crippen LogP contribution in [0, 0.1) is 0 Å². The van der Waals surface area contributed by atoms with E-state index in [0.29, 0.717) is 0 Å². The van der Waals surface area contributed by atoms with Crippen LogP contribution in [0.15, 0.2) is 38.0 Å². The highest BCUT2D eigenvalue weighted by atomic mass is 79.9. The second kappa shape index (κ2) is 2.64. The monoisotopic (exact) mass is 274 g/mol. The molecular weight excluding hydrogens is 272 g/mol. The van der Waals surface area contributed by atoms with Crippen LogP contribution in [0.25, 0.3) is 10.8 Å². The lowest BCUT2D eigenvalue weighted by atomic mass is 10.2. The highest BCUT2D eigenvalue weighted by Gasteiger charge is 2.06. The lowest BCUT2D eigenvalue weighted by Crippen LogP contribution is -1.61. The van der Waals surface area contributed by atoms with Crippen molar-refractivity contribution in [2.75, 3.05) is 0 Å². The average molecular weight is 276 g/mol. The van der Waals surface area contributed by atoms with Gasteiger partial charge in [-0.25, -0.2) is 0 Å². The third-order valence-corrected chi connectivity index (χ3v) is 2.71. The molecule has 0 atom stereocenters. The molecule has 11 heavy (non-hydrogen) atoms. The molecule has 0 aliphatic heterocycles. The predicted molar refractivity (Wildman–Crippen MR) is 51.6 cm³/mol. The molecule has 0 spiro atoms. The molecule has 0 unspecified atom stereocenters. The van der Waals surface area contributed by atoms with Crippen LogP contribution in [0.1, 0.15) is 0 Å². The van der Waals surface area contributed by atoms with E-state index in [4.69, 9.17) is 4.42 Å². The molecule has 0 radical (unpaired) electrons. The minimum absolute atomic E-state index is 0.778. The average Bonchev–Trinajstić information content (AvgIpc) is 2.30. The first kappa shape index (κ1) is 7.37. The Balaban J connectivity index is 2.95. The summed E-state index contributed by atoms with van der Waals surface area (Å²) in [5.74, 6) is 0. The molecule has 56 valence electrons. The number of rotatable bonds is 0. The first-order chi connectivity index (χ1) is 5.29. The maximum Gasteiger partial charge on any atom is 0.178 e. The number of benzene rings is 1. The summed E-state index contributed by atoms with van der Waals surface area (Å²) in [6, 6.07) is 7.98. The van der Waals surface area contributed by atoms with Crippen molar-refractivity contribution < 1.29 is 4.42 Å². The molecule has 2 aromatic rings. The molecule has 0 bridgehead atoms. The fourth-order valence-electron chi connectivity index (χ4n) is 1.01. The molecule has 0 saturated heterocycles. The molecule has 2 rings (SSSR count). The van der Waals surface area contributed by atoms with E-state index in [2.05, 4.69) is 31.9 Å². The number of halogens is 2. The number of hydrogen-bond donors (Lipinski definition) is 0. The maximum absolute atomic E-state index is 5.30. The molecule has 0 amide bonds. The van der Waals surface area contributed by atoms with Crippen molar-refractivity contribution in [2.45, 2.75) is 0 Å². The molecule has 0 N–H and O–H groups in total. The van der Waals surface area contributed by atoms with Crippen LogP contribution in [0.5, 0.6) is 0 Å². The van der Waals surface area contributed by atoms with Crippen molar-refractivity contribution >= 4 is 42.6 Å². The van der Waals surface area contributed by atoms with Crippen LogP contribution >= 0.6 is 31.9 Å². The molecule has 1 aromatic carbocycles. The second-order valence-electron chi connectivity index (χ2n) is 2.20. The molecular formula is C8H4Br2O. The first-order valence-corrected chi connectivity index (χ1v) is 4.70. The Kier molecular flexibility index (Phi) is 1.77. The van der Waals surface area contributed by atoms with Crippen LogP contribution in [0.2, 0.25) is 0 Å². The number of fused-ring (bicyclic) bond motifs is 1. The summed E-state index contributed by atoms with van der Waals surface area (Å²) >= 11 is 6.64. The SMILES string of the molecule is Brc1oc(Br)c2ccccc12. The molecule has 0 saturated carbocycles. The van der Waals surface area contributed by atoms with Crippen molar-refractivity contribution in [1.82, 2.24) is 0 Å². The maximum atomic E-state index is 5.30. The Bertz CT molecular complexity index is 356. The van der Waals surface area contributed by atoms with Crippen LogP contribution in [0.3, 0.4) is 0 Å². The topological polar surface area (TPSA) is 13.1 Å². The third kappa shape index (κ3) is 1.12. The summed E-state index contributed by atoms with van der Waals surface area (Å²) in [4.78, 5) is 0. The van der Waals surface area contributed by atoms with Crippen molar-refractivity contribution in [3.8, 4) is 0 Å². The lowest BCUT2D eigenvalue weighted by molar-refractivity contribution is 0.522. The van der Waals surface area contributed by atoms with Gasteiger partial charge >= 0.3 is 0 Å². The standard InChI is InChI=1S/C8H4Br2O/c9-7-5-3-1-2-4-6(5)8(10)11-7/h1-4H. The van der Waals surface area contributed by atoms with Crippen LogP contribution < -0.4 is 0 Å². The van der Waals surface area contributed by atoms with E-state index >= 15 is 0 Å². The fourth-order valence-corrected chi connectivity index (χ4v) is 2.25. The number of furan rings is 1. The summed E-state index contributed by atoms with van der Waals surface area (Å²) in [6.07, 6.45) is 0. The summed E-state index contributed by atoms with van der Waals surface area (Å²) in [5.41, 5.74) is 0. The van der Waals surface area contributed by atoms with Crippen molar-refractivity contribution in [1.29, 1.82) is 0 Å². The van der Waals surface area contributed by atoms with E-state index < -0.39 is 0 Å². The molecule has 1 aromatic heterocycles. The Morgan fingerprint density at radius 2 is 1.36 bits per heavy atom. The van der Waals surface area contributed by atoms with Gasteiger partial charge in [0.25, 0.3) is 0 Å². The Morgan fingerprint density at radius 3 is 1.82 bits per heavy atom. The van der Waals surface area contributed by atoms with Crippen LogP contribution in [0.4, 0.5) is 0 Å². The summed E-state index contributed by atoms with van der Waals surface area (Å²) in [6.45, 7) is 0. The lowest BCUT2D eigenvalue weighted by Gasteiger charge is -1.84. The van der Waals surface area contributed by atoms with Crippen LogP contribution in [-0.4, -0.2) is 0 Å². The van der Waals surface area contributed by atoms with Gasteiger partial charge in [-0.2, -0.15) is 0 Å². The third-order valence-electron chi connectivity index (χ3n) is 1.53. The summed E-state index contributed by atoms with van der Waals surface area (Å²) in [5, 5.41) is 2.19. The highest BCUT2D eigenvalue weighted by Crippen LogP contribution is 2.33. The van der Waals surface area contributed by atoms with E-state index in [1.807, 2.05) is 24.3 Å². The van der Waals surface area contributed by atoms with E-state index in [0.717, 1.165) is 20.1 Å². The minimum Gasteiger partial charge on any atom is -0.441 e. The zero-order valence-corrected chi connectivity index (χ0v) is 8.65. The Morgan fingerprint density at radius 1 is 0.909 bits per heavy atom. The number of hydrogen-bond acceptors (Lipinski definition) is 1. The molecule has 1 heterocycles. The van der Waals surface area contributed by atoms with Gasteiger partial charge in [-0.1, -0.05) is 12.1 Å². The zero-order chi connectivity index (χ0) is 7.84. The Labute approximate surface area is 80.6 Å². The second-order valence-corrected chi connectivity index (χ2v) is 3.64. The van der Waals surface area contributed by atoms with Gasteiger partial charge < -0.3 is 4.42 Å². The predicted octanol–water partition coefficient (Wildman–Crippen LogP) is 3.96. The smallest absolute Gasteiger partial charge is 0.178 e. The van der Waals surface area contributed by atoms with E-state index in [-0.39, 0.29) is 0 Å². The van der Waals surface area contributed by atoms with Crippen molar-refractivity contribution in [3.05, 3.63) is 33.6 Å². The van der Waals surface area contributed by atoms with E-state index in [1.165, 1.54) is 0 Å². The van der Waals surface area contributed by atoms with Gasteiger partial charge in [0.1, 0.15) is 0 Å². The van der Waals surface area contributed by atoms with Gasteiger partial charge in [0.05, 0.1) is 0 Å². The summed E-state index contributed by atoms with van der Waals surface area (Å²) in [7, 11) is 0. The van der Waals surface area contributed by atoms with Crippen LogP contribution in [-0.2, 0) is 0 Å². The fraction of sp³-hybridized carbons (Fsp3) is 0. The van der Waals surface area contributed by atoms with Gasteiger partial charge in [0.15, 0.2) is 9.34 Å². The molecule has 1 nitrogen and oxygen atoms in total. The van der Waals surface area contributed by atoms with E-state index in [1.54, 1.807) is 0 Å². The largest absolute Gasteiger partial charge is 0.441 e. The first-order valence-electron chi connectivity index (χ1n) is 3.11. The van der Waals surface area contributed by atoms with Gasteiger partial charge in [0, 0.05) is 10.8 Å². The van der Waals surface area contributed by atoms with Gasteiger partial charge in [-0.05, 0) is 44.0 Å². The van der Waals surface area contributed by atoms with Gasteiger partial charge in [-0.15, -0.1) is 0 Å². The van der Waals surface area contributed by atoms with Gasteiger partial charge in [-0.3, -0.25) is 0 Å².